The molecule has 4 heterocycles. The number of benzene rings is 2. The summed E-state index contributed by atoms with van der Waals surface area (Å²) < 4.78 is 29.0. The van der Waals surface area contributed by atoms with Gasteiger partial charge in [0.2, 0.25) is 0 Å². The van der Waals surface area contributed by atoms with Gasteiger partial charge in [-0.1, -0.05) is 25.7 Å². The first-order valence-corrected chi connectivity index (χ1v) is 18.3. The fourth-order valence-electron chi connectivity index (χ4n) is 7.33. The predicted molar refractivity (Wildman–Crippen MR) is 186 cm³/mol. The van der Waals surface area contributed by atoms with Crippen LogP contribution in [-0.4, -0.2) is 78.1 Å². The lowest BCUT2D eigenvalue weighted by Gasteiger charge is -2.24. The molecule has 6 N–H and O–H groups in total. The van der Waals surface area contributed by atoms with Gasteiger partial charge in [0, 0.05) is 34.4 Å². The Balaban J connectivity index is 0.975. The molecule has 0 saturated heterocycles. The maximum absolute atomic E-state index is 14.5. The molecule has 2 aromatic heterocycles. The number of fused-ring (bicyclic) bond motifs is 2. The number of aliphatic imine (C=N–C) groups is 2. The Morgan fingerprint density at radius 1 is 0.652 bits per heavy atom. The number of nitrogens with zero attached hydrogens (tertiary/aromatic N) is 2. The maximum Gasteiger partial charge on any atom is 0.126 e. The highest BCUT2D eigenvalue weighted by molar-refractivity contribution is 8.15. The molecule has 46 heavy (non-hydrogen) atoms. The summed E-state index contributed by atoms with van der Waals surface area (Å²) in [5.41, 5.74) is 4.77. The van der Waals surface area contributed by atoms with Gasteiger partial charge in [-0.25, -0.2) is 8.78 Å². The van der Waals surface area contributed by atoms with Crippen LogP contribution in [0.2, 0.25) is 0 Å². The highest BCUT2D eigenvalue weighted by Gasteiger charge is 2.38. The van der Waals surface area contributed by atoms with Gasteiger partial charge in [-0.05, 0) is 62.1 Å². The van der Waals surface area contributed by atoms with Crippen molar-refractivity contribution >= 4 is 66.8 Å². The molecule has 2 aliphatic carbocycles. The molecule has 4 aliphatic rings. The van der Waals surface area contributed by atoms with Gasteiger partial charge < -0.3 is 30.8 Å². The quantitative estimate of drug-likeness (QED) is 0.117. The lowest BCUT2D eigenvalue weighted by atomic mass is 10.0. The van der Waals surface area contributed by atoms with Gasteiger partial charge in [0.05, 0.1) is 45.9 Å². The third-order valence-corrected chi connectivity index (χ3v) is 12.0. The van der Waals surface area contributed by atoms with Crippen molar-refractivity contribution in [3.63, 3.8) is 0 Å². The second-order valence-corrected chi connectivity index (χ2v) is 15.1. The molecule has 0 amide bonds. The van der Waals surface area contributed by atoms with E-state index in [4.69, 9.17) is 9.98 Å². The molecule has 0 radical (unpaired) electrons. The number of hydrogen-bond donors (Lipinski definition) is 6. The van der Waals surface area contributed by atoms with E-state index < -0.39 is 24.3 Å². The summed E-state index contributed by atoms with van der Waals surface area (Å²) in [6.07, 6.45) is 6.88. The largest absolute Gasteiger partial charge is 0.388 e. The number of halogens is 2. The van der Waals surface area contributed by atoms with Crippen LogP contribution in [0.25, 0.3) is 21.8 Å². The van der Waals surface area contributed by atoms with E-state index >= 15 is 0 Å². The normalized spacial score (nSPS) is 23.8. The fraction of sp³-hybridized carbons (Fsp3) is 0.471. The summed E-state index contributed by atoms with van der Waals surface area (Å²) in [7, 11) is 0. The standard InChI is InChI=1S/C34H38F2N6O2S2/c35-19-9-17-11-25(39-29(17)23(13-19)37-21-5-1-2-6-21)33-41-27(15-45-33)31(43)32(44)28-16-46-34(42-28)26-12-18-10-20(36)14-24(30(18)40-26)38-22-7-3-4-8-22/h9-14,21-22,27-28,31-32,37-40,43-44H,1-8,15-16H2/t27-,28-,31?,32?/m0/s1. The minimum atomic E-state index is -1.10. The Hall–Kier alpha value is -3.06. The Morgan fingerprint density at radius 2 is 1.07 bits per heavy atom. The molecule has 242 valence electrons. The van der Waals surface area contributed by atoms with E-state index in [2.05, 4.69) is 20.6 Å². The summed E-state index contributed by atoms with van der Waals surface area (Å²) in [4.78, 5) is 16.4. The minimum absolute atomic E-state index is 0.286. The number of aliphatic hydroxyl groups excluding tert-OH is 2. The van der Waals surface area contributed by atoms with Crippen LogP contribution in [0.3, 0.4) is 0 Å². The first-order chi connectivity index (χ1) is 22.4. The van der Waals surface area contributed by atoms with E-state index in [1.807, 2.05) is 12.1 Å². The molecule has 4 atom stereocenters. The average Bonchev–Trinajstić information content (AvgIpc) is 3.87. The van der Waals surface area contributed by atoms with Gasteiger partial charge in [0.15, 0.2) is 0 Å². The van der Waals surface area contributed by atoms with E-state index in [1.165, 1.54) is 61.3 Å². The third-order valence-electron chi connectivity index (χ3n) is 9.76. The fourth-order valence-corrected chi connectivity index (χ4v) is 9.48. The summed E-state index contributed by atoms with van der Waals surface area (Å²) in [6.45, 7) is 0. The highest BCUT2D eigenvalue weighted by Crippen LogP contribution is 2.35. The van der Waals surface area contributed by atoms with Crippen LogP contribution < -0.4 is 10.6 Å². The number of aromatic nitrogens is 2. The van der Waals surface area contributed by atoms with Gasteiger partial charge in [-0.2, -0.15) is 0 Å². The van der Waals surface area contributed by atoms with E-state index in [1.54, 1.807) is 12.1 Å². The monoisotopic (exact) mass is 664 g/mol. The van der Waals surface area contributed by atoms with E-state index in [9.17, 15) is 19.0 Å². The van der Waals surface area contributed by atoms with Crippen molar-refractivity contribution in [3.8, 4) is 0 Å². The van der Waals surface area contributed by atoms with Crippen molar-refractivity contribution < 1.29 is 19.0 Å². The summed E-state index contributed by atoms with van der Waals surface area (Å²) in [5.74, 6) is 0.466. The topological polar surface area (TPSA) is 121 Å². The molecule has 8 nitrogen and oxygen atoms in total. The predicted octanol–water partition coefficient (Wildman–Crippen LogP) is 6.78. The summed E-state index contributed by atoms with van der Waals surface area (Å²) >= 11 is 3.03. The number of thioether (sulfide) groups is 2. The molecule has 2 unspecified atom stereocenters. The minimum Gasteiger partial charge on any atom is -0.388 e. The average molecular weight is 665 g/mol. The van der Waals surface area contributed by atoms with Gasteiger partial charge in [-0.15, -0.1) is 23.5 Å². The Kier molecular flexibility index (Phi) is 8.24. The molecule has 2 aliphatic heterocycles. The second-order valence-electron chi connectivity index (χ2n) is 13.1. The van der Waals surface area contributed by atoms with Gasteiger partial charge in [0.1, 0.15) is 33.9 Å². The number of aliphatic hydroxyl groups is 2. The Labute approximate surface area is 274 Å². The number of hydrogen-bond acceptors (Lipinski definition) is 8. The van der Waals surface area contributed by atoms with Crippen molar-refractivity contribution in [1.82, 2.24) is 9.97 Å². The lowest BCUT2D eigenvalue weighted by molar-refractivity contribution is -0.000172. The van der Waals surface area contributed by atoms with Crippen LogP contribution in [0.15, 0.2) is 46.4 Å². The Morgan fingerprint density at radius 3 is 1.48 bits per heavy atom. The molecule has 2 saturated carbocycles. The lowest BCUT2D eigenvalue weighted by Crippen LogP contribution is -2.43. The van der Waals surface area contributed by atoms with E-state index in [0.717, 1.165) is 80.3 Å². The van der Waals surface area contributed by atoms with Crippen molar-refractivity contribution in [1.29, 1.82) is 0 Å². The van der Waals surface area contributed by atoms with Crippen molar-refractivity contribution in [3.05, 3.63) is 59.4 Å². The van der Waals surface area contributed by atoms with Crippen LogP contribution in [0.5, 0.6) is 0 Å². The molecule has 0 spiro atoms. The van der Waals surface area contributed by atoms with Crippen molar-refractivity contribution in [2.75, 3.05) is 22.1 Å². The Bertz CT molecular complexity index is 1690. The van der Waals surface area contributed by atoms with E-state index in [-0.39, 0.29) is 11.6 Å². The molecule has 12 heteroatoms. The molecule has 8 rings (SSSR count). The third kappa shape index (κ3) is 5.93. The molecular formula is C34H38F2N6O2S2. The molecule has 4 aromatic rings. The van der Waals surface area contributed by atoms with E-state index in [0.29, 0.717) is 23.6 Å². The second kappa shape index (κ2) is 12.5. The first kappa shape index (κ1) is 30.3. The summed E-state index contributed by atoms with van der Waals surface area (Å²) in [6, 6.07) is 9.64. The van der Waals surface area contributed by atoms with Crippen LogP contribution in [0, 0.1) is 11.6 Å². The molecule has 2 aromatic carbocycles. The smallest absolute Gasteiger partial charge is 0.126 e. The number of H-pyrrole nitrogens is 2. The number of rotatable bonds is 9. The zero-order valence-electron chi connectivity index (χ0n) is 25.4. The number of aromatic amines is 2. The zero-order valence-corrected chi connectivity index (χ0v) is 27.0. The zero-order chi connectivity index (χ0) is 31.4. The van der Waals surface area contributed by atoms with Crippen molar-refractivity contribution in [2.45, 2.75) is 87.7 Å². The van der Waals surface area contributed by atoms with Crippen LogP contribution in [0.4, 0.5) is 20.2 Å². The van der Waals surface area contributed by atoms with Crippen molar-refractivity contribution in [2.24, 2.45) is 9.98 Å². The van der Waals surface area contributed by atoms with Crippen LogP contribution >= 0.6 is 23.5 Å². The molecule has 2 fully saturated rings. The first-order valence-electron chi connectivity index (χ1n) is 16.3. The van der Waals surface area contributed by atoms with Gasteiger partial charge in [0.25, 0.3) is 0 Å². The number of nitrogens with one attached hydrogen (secondary N) is 4. The maximum atomic E-state index is 14.5. The van der Waals surface area contributed by atoms with Gasteiger partial charge >= 0.3 is 0 Å². The number of anilines is 2. The SMILES string of the molecule is OC(C(O)[C@@H]1CSC(c2cc3cc(F)cc(NC4CCCC4)c3[nH]2)=N1)[C@@H]1CSC(c2cc3cc(F)cc(NC4CCCC4)c3[nH]2)=N1. The molecular weight excluding hydrogens is 627 g/mol. The summed E-state index contributed by atoms with van der Waals surface area (Å²) in [5, 5.41) is 32.5. The van der Waals surface area contributed by atoms with Crippen LogP contribution in [-0.2, 0) is 0 Å². The molecule has 0 bridgehead atoms. The van der Waals surface area contributed by atoms with Crippen LogP contribution in [0.1, 0.15) is 62.8 Å². The highest BCUT2D eigenvalue weighted by atomic mass is 32.2. The van der Waals surface area contributed by atoms with Gasteiger partial charge in [-0.3, -0.25) is 9.98 Å².